The van der Waals surface area contributed by atoms with E-state index in [2.05, 4.69) is 0 Å². The van der Waals surface area contributed by atoms with E-state index in [1.807, 2.05) is 22.9 Å². The highest BCUT2D eigenvalue weighted by Crippen LogP contribution is 2.30. The molecule has 2 aromatic carbocycles. The third-order valence-electron chi connectivity index (χ3n) is 3.93. The average molecular weight is 382 g/mol. The number of aldehydes is 1. The molecule has 0 radical (unpaired) electrons. The first-order valence-corrected chi connectivity index (χ1v) is 9.15. The lowest BCUT2D eigenvalue weighted by atomic mass is 9.94. The zero-order valence-corrected chi connectivity index (χ0v) is 15.5. The van der Waals surface area contributed by atoms with Crippen molar-refractivity contribution in [2.24, 2.45) is 0 Å². The van der Waals surface area contributed by atoms with Crippen LogP contribution in [-0.4, -0.2) is 19.4 Å². The summed E-state index contributed by atoms with van der Waals surface area (Å²) in [6.45, 7) is 0.388. The molecule has 0 fully saturated rings. The molecule has 0 aliphatic heterocycles. The van der Waals surface area contributed by atoms with Crippen molar-refractivity contribution in [2.75, 3.05) is 7.11 Å². The smallest absolute Gasteiger partial charge is 0.362 e. The van der Waals surface area contributed by atoms with E-state index in [0.717, 1.165) is 5.56 Å². The van der Waals surface area contributed by atoms with Crippen LogP contribution in [0.2, 0.25) is 0 Å². The van der Waals surface area contributed by atoms with E-state index < -0.39 is 11.6 Å². The lowest BCUT2D eigenvalue weighted by Gasteiger charge is -2.27. The van der Waals surface area contributed by atoms with Gasteiger partial charge < -0.3 is 14.2 Å². The summed E-state index contributed by atoms with van der Waals surface area (Å²) >= 11 is 1.59. The zero-order chi connectivity index (χ0) is 19.1. The second-order valence-corrected chi connectivity index (χ2v) is 6.49. The minimum absolute atomic E-state index is 0.330. The molecule has 1 aromatic heterocycles. The lowest BCUT2D eigenvalue weighted by Crippen LogP contribution is -2.44. The van der Waals surface area contributed by atoms with Crippen LogP contribution in [0.4, 0.5) is 0 Å². The Morgan fingerprint density at radius 3 is 2.52 bits per heavy atom. The van der Waals surface area contributed by atoms with Crippen molar-refractivity contribution >= 4 is 23.6 Å². The lowest BCUT2D eigenvalue weighted by molar-refractivity contribution is -0.161. The highest BCUT2D eigenvalue weighted by Gasteiger charge is 2.45. The van der Waals surface area contributed by atoms with Crippen molar-refractivity contribution in [2.45, 2.75) is 12.2 Å². The van der Waals surface area contributed by atoms with Crippen LogP contribution in [0.3, 0.4) is 0 Å². The SMILES string of the molecule is COC(=O)C(C=O)(Oc1ccccc1)c1cccc(OCc2ccsc2)c1. The summed E-state index contributed by atoms with van der Waals surface area (Å²) in [6.07, 6.45) is 0.448. The van der Waals surface area contributed by atoms with Crippen LogP contribution in [0, 0.1) is 0 Å². The van der Waals surface area contributed by atoms with Crippen LogP contribution >= 0.6 is 11.3 Å². The molecule has 5 nitrogen and oxygen atoms in total. The highest BCUT2D eigenvalue weighted by molar-refractivity contribution is 7.07. The minimum atomic E-state index is -1.92. The number of carbonyl (C=O) groups excluding carboxylic acids is 2. The third-order valence-corrected chi connectivity index (χ3v) is 4.66. The number of hydrogen-bond acceptors (Lipinski definition) is 6. The van der Waals surface area contributed by atoms with Gasteiger partial charge in [0.1, 0.15) is 18.1 Å². The maximum absolute atomic E-state index is 12.5. The first-order valence-electron chi connectivity index (χ1n) is 8.21. The van der Waals surface area contributed by atoms with E-state index in [9.17, 15) is 9.59 Å². The molecule has 1 atom stereocenters. The van der Waals surface area contributed by atoms with Crippen LogP contribution in [0.25, 0.3) is 0 Å². The zero-order valence-electron chi connectivity index (χ0n) is 14.7. The number of thiophene rings is 1. The average Bonchev–Trinajstić information content (AvgIpc) is 3.24. The second-order valence-electron chi connectivity index (χ2n) is 5.71. The number of esters is 1. The van der Waals surface area contributed by atoms with Gasteiger partial charge in [-0.3, -0.25) is 4.79 Å². The quantitative estimate of drug-likeness (QED) is 0.335. The summed E-state index contributed by atoms with van der Waals surface area (Å²) in [4.78, 5) is 24.5. The predicted octanol–water partition coefficient (Wildman–Crippen LogP) is 3.97. The summed E-state index contributed by atoms with van der Waals surface area (Å²) in [5, 5.41) is 3.96. The van der Waals surface area contributed by atoms with E-state index in [0.29, 0.717) is 30.0 Å². The topological polar surface area (TPSA) is 61.8 Å². The number of ether oxygens (including phenoxy) is 3. The molecule has 6 heteroatoms. The number of hydrogen-bond donors (Lipinski definition) is 0. The maximum Gasteiger partial charge on any atom is 0.362 e. The molecule has 0 saturated carbocycles. The molecule has 3 rings (SSSR count). The van der Waals surface area contributed by atoms with E-state index >= 15 is 0 Å². The normalized spacial score (nSPS) is 12.6. The fourth-order valence-electron chi connectivity index (χ4n) is 2.54. The number of carbonyl (C=O) groups is 2. The monoisotopic (exact) mass is 382 g/mol. The summed E-state index contributed by atoms with van der Waals surface area (Å²) in [5.41, 5.74) is -0.547. The van der Waals surface area contributed by atoms with E-state index in [-0.39, 0.29) is 0 Å². The van der Waals surface area contributed by atoms with Crippen molar-refractivity contribution in [3.05, 3.63) is 82.6 Å². The van der Waals surface area contributed by atoms with Crippen molar-refractivity contribution in [3.63, 3.8) is 0 Å². The molecule has 0 saturated heterocycles. The van der Waals surface area contributed by atoms with Gasteiger partial charge in [-0.2, -0.15) is 11.3 Å². The fraction of sp³-hybridized carbons (Fsp3) is 0.143. The molecule has 27 heavy (non-hydrogen) atoms. The van der Waals surface area contributed by atoms with Crippen molar-refractivity contribution in [1.29, 1.82) is 0 Å². The summed E-state index contributed by atoms with van der Waals surface area (Å²) in [7, 11) is 1.21. The van der Waals surface area contributed by atoms with Crippen LogP contribution in [0.1, 0.15) is 11.1 Å². The van der Waals surface area contributed by atoms with Crippen molar-refractivity contribution < 1.29 is 23.8 Å². The molecule has 1 heterocycles. The first kappa shape index (κ1) is 18.7. The molecule has 0 spiro atoms. The Kier molecular flexibility index (Phi) is 5.88. The third kappa shape index (κ3) is 4.17. The van der Waals surface area contributed by atoms with Crippen molar-refractivity contribution in [3.8, 4) is 11.5 Å². The van der Waals surface area contributed by atoms with Gasteiger partial charge >= 0.3 is 5.97 Å². The largest absolute Gasteiger partial charge is 0.489 e. The number of para-hydroxylation sites is 1. The van der Waals surface area contributed by atoms with Crippen LogP contribution < -0.4 is 9.47 Å². The summed E-state index contributed by atoms with van der Waals surface area (Å²) in [5.74, 6) is 0.0846. The maximum atomic E-state index is 12.5. The summed E-state index contributed by atoms with van der Waals surface area (Å²) < 4.78 is 16.4. The molecule has 0 amide bonds. The van der Waals surface area contributed by atoms with Gasteiger partial charge in [0.05, 0.1) is 7.11 Å². The van der Waals surface area contributed by atoms with Gasteiger partial charge in [-0.1, -0.05) is 30.3 Å². The Balaban J connectivity index is 1.92. The van der Waals surface area contributed by atoms with Gasteiger partial charge in [-0.25, -0.2) is 4.79 Å². The molecule has 0 N–H and O–H groups in total. The molecule has 3 aromatic rings. The van der Waals surface area contributed by atoms with Gasteiger partial charge in [0.2, 0.25) is 0 Å². The number of methoxy groups -OCH3 is 1. The standard InChI is InChI=1S/C21H18O5S/c1-24-20(23)21(15-22,26-18-7-3-2-4-8-18)17-6-5-9-19(12-17)25-13-16-10-11-27-14-16/h2-12,14-15H,13H2,1H3. The Morgan fingerprint density at radius 1 is 1.07 bits per heavy atom. The van der Waals surface area contributed by atoms with Gasteiger partial charge in [0.15, 0.2) is 6.29 Å². The Bertz CT molecular complexity index is 892. The number of benzene rings is 2. The second kappa shape index (κ2) is 8.51. The Hall–Kier alpha value is -3.12. The Morgan fingerprint density at radius 2 is 1.85 bits per heavy atom. The first-order chi connectivity index (χ1) is 13.2. The molecule has 138 valence electrons. The van der Waals surface area contributed by atoms with Gasteiger partial charge in [-0.15, -0.1) is 0 Å². The molecule has 0 aliphatic carbocycles. The highest BCUT2D eigenvalue weighted by atomic mass is 32.1. The Labute approximate surface area is 161 Å². The van der Waals surface area contributed by atoms with Crippen molar-refractivity contribution in [1.82, 2.24) is 0 Å². The van der Waals surface area contributed by atoms with Gasteiger partial charge in [-0.05, 0) is 46.7 Å². The van der Waals surface area contributed by atoms with Gasteiger partial charge in [0.25, 0.3) is 5.60 Å². The summed E-state index contributed by atoms with van der Waals surface area (Å²) in [6, 6.07) is 17.3. The van der Waals surface area contributed by atoms with E-state index in [1.165, 1.54) is 7.11 Å². The molecule has 0 bridgehead atoms. The van der Waals surface area contributed by atoms with Crippen LogP contribution in [0.5, 0.6) is 11.5 Å². The predicted molar refractivity (Wildman–Crippen MR) is 102 cm³/mol. The van der Waals surface area contributed by atoms with Crippen LogP contribution in [0.15, 0.2) is 71.4 Å². The van der Waals surface area contributed by atoms with E-state index in [1.54, 1.807) is 59.9 Å². The van der Waals surface area contributed by atoms with Gasteiger partial charge in [0, 0.05) is 5.56 Å². The molecule has 1 unspecified atom stereocenters. The minimum Gasteiger partial charge on any atom is -0.489 e. The molecular weight excluding hydrogens is 364 g/mol. The molecule has 0 aliphatic rings. The van der Waals surface area contributed by atoms with E-state index in [4.69, 9.17) is 14.2 Å². The van der Waals surface area contributed by atoms with Crippen LogP contribution in [-0.2, 0) is 26.5 Å². The molecular formula is C21H18O5S. The fourth-order valence-corrected chi connectivity index (χ4v) is 3.20. The number of rotatable bonds is 8.